The largest absolute Gasteiger partial charge is 0.438 e. The van der Waals surface area contributed by atoms with E-state index in [2.05, 4.69) is 29.2 Å². The summed E-state index contributed by atoms with van der Waals surface area (Å²) in [6.07, 6.45) is 8.03. The van der Waals surface area contributed by atoms with Gasteiger partial charge in [0.25, 0.3) is 11.5 Å². The monoisotopic (exact) mass is 426 g/mol. The van der Waals surface area contributed by atoms with E-state index >= 15 is 0 Å². The average molecular weight is 427 g/mol. The number of thioether (sulfide) groups is 1. The lowest BCUT2D eigenvalue weighted by Crippen LogP contribution is -2.48. The number of hydrogen-bond acceptors (Lipinski definition) is 6. The van der Waals surface area contributed by atoms with Gasteiger partial charge in [0, 0.05) is 24.8 Å². The Balaban J connectivity index is 2.04. The van der Waals surface area contributed by atoms with Crippen LogP contribution in [0.5, 0.6) is 0 Å². The molecular formula is C21H38N4O3S. The SMILES string of the molecule is CCC(CC)CC(=O)C1OC(SCCN(C)C)=NN1C(=O)NC1CCCCCC1. The number of hydrogen-bond donors (Lipinski definition) is 1. The molecule has 0 spiro atoms. The first-order valence-corrected chi connectivity index (χ1v) is 12.1. The lowest BCUT2D eigenvalue weighted by molar-refractivity contribution is -0.131. The van der Waals surface area contributed by atoms with Crippen molar-refractivity contribution in [1.82, 2.24) is 15.2 Å². The number of Topliss-reactive ketones (excluding diaryl/α,β-unsaturated/α-hetero) is 1. The molecule has 8 heteroatoms. The Bertz CT molecular complexity index is 558. The van der Waals surface area contributed by atoms with Crippen molar-refractivity contribution in [2.24, 2.45) is 11.0 Å². The Morgan fingerprint density at radius 3 is 2.45 bits per heavy atom. The van der Waals surface area contributed by atoms with Gasteiger partial charge in [0.1, 0.15) is 0 Å². The Hall–Kier alpha value is -1.28. The molecule has 2 amide bonds. The van der Waals surface area contributed by atoms with Crippen LogP contribution in [0.15, 0.2) is 5.10 Å². The molecule has 1 heterocycles. The lowest BCUT2D eigenvalue weighted by atomic mass is 9.96. The number of urea groups is 1. The van der Waals surface area contributed by atoms with E-state index in [-0.39, 0.29) is 17.9 Å². The maximum Gasteiger partial charge on any atom is 0.341 e. The molecule has 1 aliphatic carbocycles. The molecule has 1 unspecified atom stereocenters. The van der Waals surface area contributed by atoms with Gasteiger partial charge in [-0.15, -0.1) is 5.10 Å². The highest BCUT2D eigenvalue weighted by Crippen LogP contribution is 2.25. The molecule has 0 aromatic rings. The van der Waals surface area contributed by atoms with Crippen molar-refractivity contribution in [3.63, 3.8) is 0 Å². The highest BCUT2D eigenvalue weighted by atomic mass is 32.2. The topological polar surface area (TPSA) is 74.2 Å². The van der Waals surface area contributed by atoms with Crippen molar-refractivity contribution < 1.29 is 14.3 Å². The van der Waals surface area contributed by atoms with Crippen molar-refractivity contribution in [3.8, 4) is 0 Å². The zero-order chi connectivity index (χ0) is 21.2. The molecule has 1 atom stereocenters. The summed E-state index contributed by atoms with van der Waals surface area (Å²) in [5, 5.41) is 9.12. The van der Waals surface area contributed by atoms with E-state index in [1.807, 2.05) is 14.1 Å². The zero-order valence-electron chi connectivity index (χ0n) is 18.5. The van der Waals surface area contributed by atoms with E-state index in [4.69, 9.17) is 4.74 Å². The Kier molecular flexibility index (Phi) is 10.3. The van der Waals surface area contributed by atoms with Crippen molar-refractivity contribution >= 4 is 28.8 Å². The molecule has 1 saturated carbocycles. The van der Waals surface area contributed by atoms with Gasteiger partial charge in [-0.25, -0.2) is 4.79 Å². The number of rotatable bonds is 9. The van der Waals surface area contributed by atoms with E-state index in [0.717, 1.165) is 50.8 Å². The lowest BCUT2D eigenvalue weighted by Gasteiger charge is -2.24. The third-order valence-corrected chi connectivity index (χ3v) is 6.51. The molecule has 166 valence electrons. The van der Waals surface area contributed by atoms with E-state index in [9.17, 15) is 9.59 Å². The number of nitrogens with one attached hydrogen (secondary N) is 1. The molecule has 0 radical (unpaired) electrons. The van der Waals surface area contributed by atoms with Crippen LogP contribution in [0, 0.1) is 5.92 Å². The average Bonchev–Trinajstić information content (AvgIpc) is 2.95. The van der Waals surface area contributed by atoms with Gasteiger partial charge in [0.05, 0.1) is 0 Å². The molecule has 1 N–H and O–H groups in total. The number of ether oxygens (including phenoxy) is 1. The Labute approximate surface area is 180 Å². The summed E-state index contributed by atoms with van der Waals surface area (Å²) in [5.41, 5.74) is 0. The first-order valence-electron chi connectivity index (χ1n) is 11.1. The van der Waals surface area contributed by atoms with Gasteiger partial charge in [0.15, 0.2) is 5.78 Å². The van der Waals surface area contributed by atoms with Crippen LogP contribution >= 0.6 is 11.8 Å². The van der Waals surface area contributed by atoms with E-state index < -0.39 is 6.23 Å². The van der Waals surface area contributed by atoms with Crippen molar-refractivity contribution in [2.75, 3.05) is 26.4 Å². The highest BCUT2D eigenvalue weighted by Gasteiger charge is 2.39. The molecule has 0 aromatic heterocycles. The summed E-state index contributed by atoms with van der Waals surface area (Å²) in [4.78, 5) is 28.0. The summed E-state index contributed by atoms with van der Waals surface area (Å²) in [6, 6.07) is -0.163. The second-order valence-electron chi connectivity index (χ2n) is 8.32. The molecule has 2 rings (SSSR count). The fourth-order valence-corrected chi connectivity index (χ4v) is 4.60. The Morgan fingerprint density at radius 1 is 1.21 bits per heavy atom. The summed E-state index contributed by atoms with van der Waals surface area (Å²) in [7, 11) is 4.01. The zero-order valence-corrected chi connectivity index (χ0v) is 19.3. The van der Waals surface area contributed by atoms with Gasteiger partial charge >= 0.3 is 6.03 Å². The van der Waals surface area contributed by atoms with Gasteiger partial charge in [-0.1, -0.05) is 64.1 Å². The van der Waals surface area contributed by atoms with E-state index in [1.165, 1.54) is 29.6 Å². The number of ketones is 1. The minimum atomic E-state index is -0.941. The van der Waals surface area contributed by atoms with Crippen molar-refractivity contribution in [3.05, 3.63) is 0 Å². The van der Waals surface area contributed by atoms with Crippen molar-refractivity contribution in [2.45, 2.75) is 83.9 Å². The van der Waals surface area contributed by atoms with Gasteiger partial charge in [0.2, 0.25) is 0 Å². The molecule has 2 aliphatic rings. The number of hydrazone groups is 1. The summed E-state index contributed by atoms with van der Waals surface area (Å²) in [5.74, 6) is 1.03. The molecule has 7 nitrogen and oxygen atoms in total. The number of nitrogens with zero attached hydrogens (tertiary/aromatic N) is 3. The molecule has 29 heavy (non-hydrogen) atoms. The van der Waals surface area contributed by atoms with E-state index in [0.29, 0.717) is 17.6 Å². The van der Waals surface area contributed by atoms with Crippen LogP contribution in [-0.4, -0.2) is 65.6 Å². The molecule has 1 fully saturated rings. The first kappa shape index (κ1) is 24.0. The number of carbonyl (C=O) groups is 2. The molecular weight excluding hydrogens is 388 g/mol. The fourth-order valence-electron chi connectivity index (χ4n) is 3.67. The third kappa shape index (κ3) is 7.81. The van der Waals surface area contributed by atoms with Gasteiger partial charge in [-0.2, -0.15) is 5.01 Å². The second kappa shape index (κ2) is 12.4. The van der Waals surface area contributed by atoms with Crippen LogP contribution < -0.4 is 5.32 Å². The standard InChI is InChI=1S/C21H38N4O3S/c1-5-16(6-2)15-18(26)19-25(23-21(28-19)29-14-13-24(3)4)20(27)22-17-11-9-7-8-10-12-17/h16-17,19H,5-15H2,1-4H3,(H,22,27). The van der Waals surface area contributed by atoms with Crippen LogP contribution in [0.4, 0.5) is 4.79 Å². The summed E-state index contributed by atoms with van der Waals surface area (Å²) in [6.45, 7) is 5.05. The maximum atomic E-state index is 13.0. The van der Waals surface area contributed by atoms with E-state index in [1.54, 1.807) is 0 Å². The number of carbonyl (C=O) groups excluding carboxylic acids is 2. The quantitative estimate of drug-likeness (QED) is 0.563. The molecule has 0 aromatic carbocycles. The number of amides is 2. The minimum absolute atomic E-state index is 0.0679. The van der Waals surface area contributed by atoms with Crippen LogP contribution in [0.3, 0.4) is 0 Å². The van der Waals surface area contributed by atoms with Crippen LogP contribution in [0.25, 0.3) is 0 Å². The fraction of sp³-hybridized carbons (Fsp3) is 0.857. The van der Waals surface area contributed by atoms with Gasteiger partial charge in [-0.05, 0) is 32.9 Å². The third-order valence-electron chi connectivity index (χ3n) is 5.70. The van der Waals surface area contributed by atoms with Crippen LogP contribution in [-0.2, 0) is 9.53 Å². The summed E-state index contributed by atoms with van der Waals surface area (Å²) < 4.78 is 5.85. The van der Waals surface area contributed by atoms with Gasteiger partial charge < -0.3 is 15.0 Å². The molecule has 0 bridgehead atoms. The predicted molar refractivity (Wildman–Crippen MR) is 119 cm³/mol. The van der Waals surface area contributed by atoms with Gasteiger partial charge in [-0.3, -0.25) is 4.79 Å². The normalized spacial score (nSPS) is 20.6. The predicted octanol–water partition coefficient (Wildman–Crippen LogP) is 4.04. The second-order valence-corrected chi connectivity index (χ2v) is 9.37. The minimum Gasteiger partial charge on any atom is -0.438 e. The Morgan fingerprint density at radius 2 is 1.86 bits per heavy atom. The maximum absolute atomic E-state index is 13.0. The molecule has 0 saturated heterocycles. The van der Waals surface area contributed by atoms with Crippen molar-refractivity contribution in [1.29, 1.82) is 0 Å². The smallest absolute Gasteiger partial charge is 0.341 e. The first-order chi connectivity index (χ1) is 13.9. The van der Waals surface area contributed by atoms with Crippen LogP contribution in [0.1, 0.15) is 71.6 Å². The molecule has 1 aliphatic heterocycles. The summed E-state index contributed by atoms with van der Waals surface area (Å²) >= 11 is 1.45. The van der Waals surface area contributed by atoms with Crippen LogP contribution in [0.2, 0.25) is 0 Å². The highest BCUT2D eigenvalue weighted by molar-refractivity contribution is 8.13.